The monoisotopic (exact) mass is 282 g/mol. The molecule has 5 nitrogen and oxygen atoms in total. The fourth-order valence-corrected chi connectivity index (χ4v) is 2.59. The smallest absolute Gasteiger partial charge is 0.225 e. The first-order valence-corrected chi connectivity index (χ1v) is 7.16. The molecule has 2 aromatic rings. The minimum absolute atomic E-state index is 0.0265. The molecule has 0 spiro atoms. The minimum atomic E-state index is 0.0265. The van der Waals surface area contributed by atoms with E-state index < -0.39 is 0 Å². The Kier molecular flexibility index (Phi) is 3.81. The zero-order chi connectivity index (χ0) is 14.7. The average molecular weight is 282 g/mol. The van der Waals surface area contributed by atoms with Crippen LogP contribution in [-0.2, 0) is 4.79 Å². The number of hydrogen-bond acceptors (Lipinski definition) is 3. The third-order valence-corrected chi connectivity index (χ3v) is 3.67. The fraction of sp³-hybridized carbons (Fsp3) is 0.312. The van der Waals surface area contributed by atoms with E-state index in [1.165, 1.54) is 0 Å². The normalized spacial score (nSPS) is 17.1. The highest BCUT2D eigenvalue weighted by atomic mass is 16.1. The molecule has 0 radical (unpaired) electrons. The van der Waals surface area contributed by atoms with E-state index >= 15 is 0 Å². The summed E-state index contributed by atoms with van der Waals surface area (Å²) in [6.07, 6.45) is 12.2. The van der Waals surface area contributed by atoms with Gasteiger partial charge in [-0.15, -0.1) is 0 Å². The van der Waals surface area contributed by atoms with E-state index in [1.807, 2.05) is 29.8 Å². The highest BCUT2D eigenvalue weighted by Crippen LogP contribution is 2.23. The summed E-state index contributed by atoms with van der Waals surface area (Å²) in [5.41, 5.74) is 0.713. The van der Waals surface area contributed by atoms with Crippen LogP contribution in [0.5, 0.6) is 0 Å². The molecule has 0 fully saturated rings. The van der Waals surface area contributed by atoms with Gasteiger partial charge in [0.05, 0.1) is 5.69 Å². The van der Waals surface area contributed by atoms with Gasteiger partial charge >= 0.3 is 0 Å². The Morgan fingerprint density at radius 3 is 3.05 bits per heavy atom. The predicted molar refractivity (Wildman–Crippen MR) is 81.2 cm³/mol. The maximum atomic E-state index is 12.2. The predicted octanol–water partition coefficient (Wildman–Crippen LogP) is 2.87. The van der Waals surface area contributed by atoms with E-state index in [2.05, 4.69) is 27.4 Å². The molecule has 0 saturated heterocycles. The summed E-state index contributed by atoms with van der Waals surface area (Å²) < 4.78 is 1.87. The van der Waals surface area contributed by atoms with Crippen LogP contribution in [0.4, 0.5) is 5.69 Å². The third-order valence-electron chi connectivity index (χ3n) is 3.67. The Morgan fingerprint density at radius 1 is 1.43 bits per heavy atom. The topological polar surface area (TPSA) is 59.8 Å². The molecule has 108 valence electrons. The second-order valence-corrected chi connectivity index (χ2v) is 5.24. The quantitative estimate of drug-likeness (QED) is 0.877. The summed E-state index contributed by atoms with van der Waals surface area (Å²) in [6, 6.07) is 3.69. The molecule has 2 heterocycles. The fourth-order valence-electron chi connectivity index (χ4n) is 2.59. The summed E-state index contributed by atoms with van der Waals surface area (Å²) in [4.78, 5) is 20.7. The van der Waals surface area contributed by atoms with Gasteiger partial charge in [0.25, 0.3) is 0 Å². The summed E-state index contributed by atoms with van der Waals surface area (Å²) >= 11 is 0. The summed E-state index contributed by atoms with van der Waals surface area (Å²) in [6.45, 7) is 1.91. The first kappa shape index (κ1) is 13.5. The Hall–Kier alpha value is -2.43. The van der Waals surface area contributed by atoms with E-state index in [-0.39, 0.29) is 5.91 Å². The van der Waals surface area contributed by atoms with Gasteiger partial charge in [-0.05, 0) is 37.8 Å². The lowest BCUT2D eigenvalue weighted by molar-refractivity contribution is -0.116. The molecule has 1 atom stereocenters. The Balaban J connectivity index is 1.78. The molecule has 1 aliphatic carbocycles. The van der Waals surface area contributed by atoms with Gasteiger partial charge in [-0.25, -0.2) is 9.97 Å². The highest BCUT2D eigenvalue weighted by molar-refractivity contribution is 5.92. The van der Waals surface area contributed by atoms with Crippen LogP contribution in [0.3, 0.4) is 0 Å². The largest absolute Gasteiger partial charge is 0.323 e. The number of carbonyl (C=O) groups is 1. The first-order valence-electron chi connectivity index (χ1n) is 7.16. The van der Waals surface area contributed by atoms with Gasteiger partial charge in [0, 0.05) is 25.0 Å². The molecule has 0 aromatic carbocycles. The van der Waals surface area contributed by atoms with Crippen molar-refractivity contribution >= 4 is 11.6 Å². The average Bonchev–Trinajstić information content (AvgIpc) is 3.11. The number of nitrogens with zero attached hydrogens (tertiary/aromatic N) is 3. The number of imidazole rings is 1. The Morgan fingerprint density at radius 2 is 2.33 bits per heavy atom. The summed E-state index contributed by atoms with van der Waals surface area (Å²) in [5, 5.41) is 2.97. The second kappa shape index (κ2) is 5.91. The number of amides is 1. The van der Waals surface area contributed by atoms with Crippen LogP contribution >= 0.6 is 0 Å². The van der Waals surface area contributed by atoms with Crippen molar-refractivity contribution in [3.63, 3.8) is 0 Å². The number of nitrogens with one attached hydrogen (secondary N) is 1. The maximum absolute atomic E-state index is 12.2. The van der Waals surface area contributed by atoms with Gasteiger partial charge in [-0.2, -0.15) is 0 Å². The molecule has 21 heavy (non-hydrogen) atoms. The number of allylic oxidation sites excluding steroid dienone is 2. The van der Waals surface area contributed by atoms with Gasteiger partial charge in [-0.3, -0.25) is 9.36 Å². The van der Waals surface area contributed by atoms with Crippen LogP contribution in [0.25, 0.3) is 5.82 Å². The molecule has 1 aliphatic rings. The molecule has 0 aliphatic heterocycles. The van der Waals surface area contributed by atoms with Crippen molar-refractivity contribution in [1.29, 1.82) is 0 Å². The molecule has 2 aromatic heterocycles. The van der Waals surface area contributed by atoms with Crippen molar-refractivity contribution in [2.24, 2.45) is 5.92 Å². The lowest BCUT2D eigenvalue weighted by Crippen LogP contribution is -2.17. The van der Waals surface area contributed by atoms with E-state index in [0.717, 1.165) is 18.7 Å². The molecule has 5 heteroatoms. The Bertz CT molecular complexity index is 674. The minimum Gasteiger partial charge on any atom is -0.323 e. The molecular formula is C16H18N4O. The first-order chi connectivity index (χ1) is 10.2. The van der Waals surface area contributed by atoms with Crippen molar-refractivity contribution in [1.82, 2.24) is 14.5 Å². The van der Waals surface area contributed by atoms with Crippen LogP contribution in [0.1, 0.15) is 25.1 Å². The number of anilines is 1. The molecule has 3 rings (SSSR count). The molecule has 1 N–H and O–H groups in total. The van der Waals surface area contributed by atoms with Gasteiger partial charge in [0.15, 0.2) is 5.82 Å². The number of rotatable bonds is 4. The van der Waals surface area contributed by atoms with Crippen LogP contribution < -0.4 is 5.32 Å². The molecular weight excluding hydrogens is 264 g/mol. The van der Waals surface area contributed by atoms with Gasteiger partial charge in [0.2, 0.25) is 5.91 Å². The lowest BCUT2D eigenvalue weighted by atomic mass is 10.1. The van der Waals surface area contributed by atoms with Gasteiger partial charge in [0.1, 0.15) is 5.82 Å². The zero-order valence-corrected chi connectivity index (χ0v) is 12.0. The zero-order valence-electron chi connectivity index (χ0n) is 12.0. The van der Waals surface area contributed by atoms with Crippen molar-refractivity contribution in [3.05, 3.63) is 48.7 Å². The Labute approximate surface area is 123 Å². The second-order valence-electron chi connectivity index (χ2n) is 5.24. The van der Waals surface area contributed by atoms with Crippen LogP contribution in [0.2, 0.25) is 0 Å². The molecule has 1 amide bonds. The standard InChI is InChI=1S/C16H18N4O/c1-12-17-9-10-20(12)16-14(7-4-8-18-16)19-15(21)11-13-5-2-3-6-13/h2,4-5,7-10,13H,3,6,11H2,1H3,(H,19,21). The van der Waals surface area contributed by atoms with E-state index in [0.29, 0.717) is 23.8 Å². The highest BCUT2D eigenvalue weighted by Gasteiger charge is 2.16. The number of aromatic nitrogens is 3. The van der Waals surface area contributed by atoms with Crippen LogP contribution in [0.15, 0.2) is 42.9 Å². The van der Waals surface area contributed by atoms with Gasteiger partial charge < -0.3 is 5.32 Å². The number of pyridine rings is 1. The number of carbonyl (C=O) groups excluding carboxylic acids is 1. The van der Waals surface area contributed by atoms with Crippen molar-refractivity contribution in [3.8, 4) is 5.82 Å². The lowest BCUT2D eigenvalue weighted by Gasteiger charge is -2.13. The van der Waals surface area contributed by atoms with Crippen molar-refractivity contribution in [2.75, 3.05) is 5.32 Å². The SMILES string of the molecule is Cc1nccn1-c1ncccc1NC(=O)CC1C=CCC1. The van der Waals surface area contributed by atoms with Gasteiger partial charge in [-0.1, -0.05) is 12.2 Å². The molecule has 0 bridgehead atoms. The molecule has 0 saturated carbocycles. The van der Waals surface area contributed by atoms with E-state index in [1.54, 1.807) is 12.4 Å². The number of hydrogen-bond donors (Lipinski definition) is 1. The number of aryl methyl sites for hydroxylation is 1. The van der Waals surface area contributed by atoms with Crippen LogP contribution in [0, 0.1) is 12.8 Å². The third kappa shape index (κ3) is 3.02. The van der Waals surface area contributed by atoms with E-state index in [4.69, 9.17) is 0 Å². The van der Waals surface area contributed by atoms with Crippen molar-refractivity contribution in [2.45, 2.75) is 26.2 Å². The van der Waals surface area contributed by atoms with Crippen LogP contribution in [-0.4, -0.2) is 20.4 Å². The summed E-state index contributed by atoms with van der Waals surface area (Å²) in [5.74, 6) is 1.92. The summed E-state index contributed by atoms with van der Waals surface area (Å²) in [7, 11) is 0. The van der Waals surface area contributed by atoms with Crippen molar-refractivity contribution < 1.29 is 4.79 Å². The molecule has 1 unspecified atom stereocenters. The maximum Gasteiger partial charge on any atom is 0.225 e. The van der Waals surface area contributed by atoms with E-state index in [9.17, 15) is 4.79 Å².